The molecule has 0 unspecified atom stereocenters. The lowest BCUT2D eigenvalue weighted by atomic mass is 10.2. The van der Waals surface area contributed by atoms with Gasteiger partial charge in [0.25, 0.3) is 0 Å². The molecule has 2 heterocycles. The molecule has 0 saturated heterocycles. The molecule has 0 saturated carbocycles. The molecular formula is C13H15FN4S. The number of aromatic nitrogens is 3. The van der Waals surface area contributed by atoms with Gasteiger partial charge in [-0.2, -0.15) is 0 Å². The number of halogens is 1. The van der Waals surface area contributed by atoms with Crippen molar-refractivity contribution in [3.05, 3.63) is 40.0 Å². The van der Waals surface area contributed by atoms with Gasteiger partial charge in [0.1, 0.15) is 17.5 Å². The summed E-state index contributed by atoms with van der Waals surface area (Å²) in [6.07, 6.45) is 6.40. The molecule has 0 bridgehead atoms. The summed E-state index contributed by atoms with van der Waals surface area (Å²) in [4.78, 5) is 13.2. The maximum absolute atomic E-state index is 13.8. The van der Waals surface area contributed by atoms with Crippen molar-refractivity contribution in [3.8, 4) is 0 Å². The van der Waals surface area contributed by atoms with Crippen molar-refractivity contribution in [2.24, 2.45) is 0 Å². The number of hydrogen-bond acceptors (Lipinski definition) is 5. The third-order valence-corrected chi connectivity index (χ3v) is 3.46. The van der Waals surface area contributed by atoms with E-state index in [0.717, 1.165) is 4.88 Å². The zero-order valence-corrected chi connectivity index (χ0v) is 11.5. The van der Waals surface area contributed by atoms with E-state index < -0.39 is 0 Å². The van der Waals surface area contributed by atoms with Gasteiger partial charge in [-0.25, -0.2) is 14.4 Å². The van der Waals surface area contributed by atoms with E-state index in [2.05, 4.69) is 15.0 Å². The maximum Gasteiger partial charge on any atom is 0.134 e. The first-order valence-electron chi connectivity index (χ1n) is 6.04. The zero-order chi connectivity index (χ0) is 13.7. The van der Waals surface area contributed by atoms with E-state index in [9.17, 15) is 4.39 Å². The normalized spacial score (nSPS) is 11.8. The van der Waals surface area contributed by atoms with Crippen molar-refractivity contribution in [3.63, 3.8) is 0 Å². The summed E-state index contributed by atoms with van der Waals surface area (Å²) in [5, 5.41) is 0. The molecule has 0 aliphatic carbocycles. The molecule has 0 atom stereocenters. The minimum atomic E-state index is -0.229. The molecule has 2 aromatic heterocycles. The lowest BCUT2D eigenvalue weighted by Crippen LogP contribution is -2.00. The Morgan fingerprint density at radius 3 is 2.95 bits per heavy atom. The Morgan fingerprint density at radius 2 is 2.32 bits per heavy atom. The number of aryl methyl sites for hydroxylation is 2. The maximum atomic E-state index is 13.8. The molecule has 2 aromatic rings. The highest BCUT2D eigenvalue weighted by molar-refractivity contribution is 7.09. The largest absolute Gasteiger partial charge is 0.383 e. The zero-order valence-electron chi connectivity index (χ0n) is 10.6. The Morgan fingerprint density at radius 1 is 1.47 bits per heavy atom. The third kappa shape index (κ3) is 3.82. The molecule has 0 spiro atoms. The van der Waals surface area contributed by atoms with E-state index in [1.807, 2.05) is 6.92 Å². The third-order valence-electron chi connectivity index (χ3n) is 2.62. The molecule has 4 nitrogen and oxygen atoms in total. The van der Waals surface area contributed by atoms with Crippen LogP contribution in [0.5, 0.6) is 0 Å². The molecule has 100 valence electrons. The van der Waals surface area contributed by atoms with Crippen LogP contribution in [0.25, 0.3) is 6.08 Å². The molecule has 0 aromatic carbocycles. The number of allylic oxidation sites excluding steroid dienone is 1. The van der Waals surface area contributed by atoms with Crippen molar-refractivity contribution in [2.75, 3.05) is 5.73 Å². The highest BCUT2D eigenvalue weighted by atomic mass is 32.1. The van der Waals surface area contributed by atoms with Gasteiger partial charge in [-0.1, -0.05) is 6.92 Å². The first-order chi connectivity index (χ1) is 9.19. The summed E-state index contributed by atoms with van der Waals surface area (Å²) in [6, 6.07) is 0. The summed E-state index contributed by atoms with van der Waals surface area (Å²) >= 11 is 1.52. The van der Waals surface area contributed by atoms with Crippen LogP contribution in [0, 0.1) is 0 Å². The molecule has 0 fully saturated rings. The average Bonchev–Trinajstić information content (AvgIpc) is 2.92. The van der Waals surface area contributed by atoms with Gasteiger partial charge >= 0.3 is 0 Å². The molecule has 6 heteroatoms. The van der Waals surface area contributed by atoms with Gasteiger partial charge in [-0.05, 0) is 12.5 Å². The van der Waals surface area contributed by atoms with Gasteiger partial charge < -0.3 is 5.73 Å². The topological polar surface area (TPSA) is 64.7 Å². The number of hydrogen-bond donors (Lipinski definition) is 1. The molecule has 0 radical (unpaired) electrons. The van der Waals surface area contributed by atoms with E-state index in [1.54, 1.807) is 17.9 Å². The van der Waals surface area contributed by atoms with Crippen LogP contribution < -0.4 is 5.73 Å². The fourth-order valence-corrected chi connectivity index (χ4v) is 2.17. The number of anilines is 1. The van der Waals surface area contributed by atoms with Crippen LogP contribution in [0.4, 0.5) is 10.2 Å². The van der Waals surface area contributed by atoms with E-state index in [0.29, 0.717) is 36.5 Å². The number of nitrogen functional groups attached to an aromatic ring is 1. The Labute approximate surface area is 115 Å². The molecule has 2 N–H and O–H groups in total. The highest BCUT2D eigenvalue weighted by Gasteiger charge is 2.04. The van der Waals surface area contributed by atoms with Crippen molar-refractivity contribution >= 4 is 23.2 Å². The summed E-state index contributed by atoms with van der Waals surface area (Å²) in [7, 11) is 0. The SMILES string of the molecule is CCc1ncc(/C=C(\F)CCc2cncs2)c(N)n1. The summed E-state index contributed by atoms with van der Waals surface area (Å²) in [5.41, 5.74) is 8.03. The average molecular weight is 278 g/mol. The summed E-state index contributed by atoms with van der Waals surface area (Å²) < 4.78 is 13.8. The Bertz CT molecular complexity index is 566. The Balaban J connectivity index is 2.03. The van der Waals surface area contributed by atoms with Crippen LogP contribution in [0.3, 0.4) is 0 Å². The van der Waals surface area contributed by atoms with Gasteiger partial charge in [-0.15, -0.1) is 11.3 Å². The first kappa shape index (κ1) is 13.6. The molecule has 19 heavy (non-hydrogen) atoms. The lowest BCUT2D eigenvalue weighted by molar-refractivity contribution is 0.597. The van der Waals surface area contributed by atoms with E-state index >= 15 is 0 Å². The number of thiazole rings is 1. The number of nitrogens with two attached hydrogens (primary N) is 1. The van der Waals surface area contributed by atoms with Gasteiger partial charge in [0.05, 0.1) is 5.51 Å². The van der Waals surface area contributed by atoms with Crippen LogP contribution in [0.1, 0.15) is 29.6 Å². The lowest BCUT2D eigenvalue weighted by Gasteiger charge is -2.02. The fraction of sp³-hybridized carbons (Fsp3) is 0.308. The quantitative estimate of drug-likeness (QED) is 0.913. The second-order valence-corrected chi connectivity index (χ2v) is 5.01. The minimum absolute atomic E-state index is 0.229. The summed E-state index contributed by atoms with van der Waals surface area (Å²) in [6.45, 7) is 1.94. The number of rotatable bonds is 5. The van der Waals surface area contributed by atoms with Crippen molar-refractivity contribution in [1.29, 1.82) is 0 Å². The minimum Gasteiger partial charge on any atom is -0.383 e. The fourth-order valence-electron chi connectivity index (χ4n) is 1.57. The van der Waals surface area contributed by atoms with Crippen LogP contribution >= 0.6 is 11.3 Å². The molecule has 0 amide bonds. The van der Waals surface area contributed by atoms with E-state index in [4.69, 9.17) is 5.73 Å². The van der Waals surface area contributed by atoms with E-state index in [1.165, 1.54) is 17.4 Å². The Kier molecular flexibility index (Phi) is 4.57. The second kappa shape index (κ2) is 6.38. The number of nitrogens with zero attached hydrogens (tertiary/aromatic N) is 3. The van der Waals surface area contributed by atoms with Gasteiger partial charge in [0.2, 0.25) is 0 Å². The standard InChI is InChI=1S/C13H15FN4S/c1-2-12-17-6-9(13(15)18-12)5-10(14)3-4-11-7-16-8-19-11/h5-8H,2-4H2,1H3,(H2,15,17,18)/b10-5-. The summed E-state index contributed by atoms with van der Waals surface area (Å²) in [5.74, 6) is 0.757. The Hall–Kier alpha value is -1.82. The van der Waals surface area contributed by atoms with Gasteiger partial charge in [0.15, 0.2) is 0 Å². The molecule has 2 rings (SSSR count). The molecular weight excluding hydrogens is 263 g/mol. The second-order valence-electron chi connectivity index (χ2n) is 4.04. The van der Waals surface area contributed by atoms with Crippen LogP contribution in [0.2, 0.25) is 0 Å². The van der Waals surface area contributed by atoms with E-state index in [-0.39, 0.29) is 5.83 Å². The van der Waals surface area contributed by atoms with Crippen LogP contribution in [-0.4, -0.2) is 15.0 Å². The first-order valence-corrected chi connectivity index (χ1v) is 6.92. The molecule has 0 aliphatic heterocycles. The monoisotopic (exact) mass is 278 g/mol. The molecule has 0 aliphatic rings. The van der Waals surface area contributed by atoms with Crippen molar-refractivity contribution < 1.29 is 4.39 Å². The predicted octanol–water partition coefficient (Wildman–Crippen LogP) is 3.02. The predicted molar refractivity (Wildman–Crippen MR) is 75.3 cm³/mol. The van der Waals surface area contributed by atoms with Crippen LogP contribution in [0.15, 0.2) is 23.7 Å². The highest BCUT2D eigenvalue weighted by Crippen LogP contribution is 2.18. The van der Waals surface area contributed by atoms with Gasteiger partial charge in [-0.3, -0.25) is 4.98 Å². The van der Waals surface area contributed by atoms with Gasteiger partial charge in [0, 0.05) is 35.7 Å². The van der Waals surface area contributed by atoms with Crippen molar-refractivity contribution in [1.82, 2.24) is 15.0 Å². The smallest absolute Gasteiger partial charge is 0.134 e. The van der Waals surface area contributed by atoms with Crippen molar-refractivity contribution in [2.45, 2.75) is 26.2 Å². The van der Waals surface area contributed by atoms with Crippen LogP contribution in [-0.2, 0) is 12.8 Å².